The number of amides is 1. The van der Waals surface area contributed by atoms with Crippen LogP contribution in [0.1, 0.15) is 33.9 Å². The van der Waals surface area contributed by atoms with Gasteiger partial charge < -0.3 is 14.5 Å². The maximum atomic E-state index is 13.6. The number of hydrogen-bond acceptors (Lipinski definition) is 5. The number of benzene rings is 2. The third kappa shape index (κ3) is 6.01. The Morgan fingerprint density at radius 1 is 1.09 bits per heavy atom. The Kier molecular flexibility index (Phi) is 7.46. The van der Waals surface area contributed by atoms with Gasteiger partial charge in [0.2, 0.25) is 5.91 Å². The molecule has 2 aromatic carbocycles. The van der Waals surface area contributed by atoms with Crippen LogP contribution in [0, 0.1) is 13.8 Å². The SMILES string of the molecule is Cc1ccc(-c2nc(C)sc2CC(=O)N(Cc2ccc(N(C)C)cc2)C[C@H]2CCCO2)cc1. The zero-order chi connectivity index (χ0) is 23.4. The molecule has 0 N–H and O–H groups in total. The summed E-state index contributed by atoms with van der Waals surface area (Å²) < 4.78 is 5.87. The lowest BCUT2D eigenvalue weighted by Gasteiger charge is -2.26. The van der Waals surface area contributed by atoms with E-state index < -0.39 is 0 Å². The Morgan fingerprint density at radius 3 is 2.45 bits per heavy atom. The lowest BCUT2D eigenvalue weighted by atomic mass is 10.1. The molecular formula is C27H33N3O2S. The van der Waals surface area contributed by atoms with Crippen LogP contribution in [0.3, 0.4) is 0 Å². The smallest absolute Gasteiger partial charge is 0.228 e. The highest BCUT2D eigenvalue weighted by Crippen LogP contribution is 2.29. The van der Waals surface area contributed by atoms with Gasteiger partial charge in [0.05, 0.1) is 23.2 Å². The molecule has 6 heteroatoms. The molecule has 0 spiro atoms. The number of carbonyl (C=O) groups is 1. The van der Waals surface area contributed by atoms with Crippen LogP contribution in [-0.4, -0.2) is 49.1 Å². The van der Waals surface area contributed by atoms with Crippen molar-refractivity contribution in [3.8, 4) is 11.3 Å². The van der Waals surface area contributed by atoms with Crippen molar-refractivity contribution in [1.82, 2.24) is 9.88 Å². The summed E-state index contributed by atoms with van der Waals surface area (Å²) in [4.78, 5) is 23.4. The van der Waals surface area contributed by atoms with Crippen molar-refractivity contribution in [2.75, 3.05) is 32.1 Å². The number of ether oxygens (including phenoxy) is 1. The first-order valence-corrected chi connectivity index (χ1v) is 12.4. The van der Waals surface area contributed by atoms with Crippen molar-refractivity contribution in [3.05, 3.63) is 69.5 Å². The number of aromatic nitrogens is 1. The summed E-state index contributed by atoms with van der Waals surface area (Å²) in [5, 5.41) is 0.985. The molecule has 2 heterocycles. The highest BCUT2D eigenvalue weighted by molar-refractivity contribution is 7.12. The van der Waals surface area contributed by atoms with E-state index in [4.69, 9.17) is 9.72 Å². The number of rotatable bonds is 8. The number of thiazole rings is 1. The van der Waals surface area contributed by atoms with E-state index in [1.54, 1.807) is 11.3 Å². The summed E-state index contributed by atoms with van der Waals surface area (Å²) >= 11 is 1.62. The van der Waals surface area contributed by atoms with E-state index in [0.29, 0.717) is 19.5 Å². The normalized spacial score (nSPS) is 15.6. The standard InChI is InChI=1S/C27H33N3O2S/c1-19-7-11-22(12-8-19)27-25(33-20(2)28-27)16-26(31)30(18-24-6-5-15-32-24)17-21-9-13-23(14-10-21)29(3)4/h7-14,24H,5-6,15-18H2,1-4H3/t24-/m1/s1. The van der Waals surface area contributed by atoms with Crippen molar-refractivity contribution in [2.24, 2.45) is 0 Å². The molecular weight excluding hydrogens is 430 g/mol. The fourth-order valence-corrected chi connectivity index (χ4v) is 5.13. The van der Waals surface area contributed by atoms with Gasteiger partial charge in [-0.1, -0.05) is 42.0 Å². The van der Waals surface area contributed by atoms with Crippen LogP contribution < -0.4 is 4.90 Å². The second-order valence-corrected chi connectivity index (χ2v) is 10.3. The van der Waals surface area contributed by atoms with Crippen LogP contribution in [-0.2, 0) is 22.5 Å². The maximum Gasteiger partial charge on any atom is 0.228 e. The quantitative estimate of drug-likeness (QED) is 0.458. The van der Waals surface area contributed by atoms with E-state index in [1.165, 1.54) is 5.56 Å². The summed E-state index contributed by atoms with van der Waals surface area (Å²) in [7, 11) is 4.07. The summed E-state index contributed by atoms with van der Waals surface area (Å²) in [6.45, 7) is 6.09. The van der Waals surface area contributed by atoms with E-state index in [2.05, 4.69) is 60.4 Å². The number of carbonyl (C=O) groups excluding carboxylic acids is 1. The molecule has 1 amide bonds. The molecule has 33 heavy (non-hydrogen) atoms. The van der Waals surface area contributed by atoms with Crippen molar-refractivity contribution < 1.29 is 9.53 Å². The minimum absolute atomic E-state index is 0.120. The molecule has 1 fully saturated rings. The van der Waals surface area contributed by atoms with E-state index in [0.717, 1.165) is 51.8 Å². The zero-order valence-electron chi connectivity index (χ0n) is 20.0. The van der Waals surface area contributed by atoms with Gasteiger partial charge in [0.1, 0.15) is 0 Å². The first-order valence-electron chi connectivity index (χ1n) is 11.6. The van der Waals surface area contributed by atoms with Crippen LogP contribution in [0.15, 0.2) is 48.5 Å². The van der Waals surface area contributed by atoms with Crippen LogP contribution >= 0.6 is 11.3 Å². The largest absolute Gasteiger partial charge is 0.378 e. The van der Waals surface area contributed by atoms with Gasteiger partial charge in [0.15, 0.2) is 0 Å². The first-order chi connectivity index (χ1) is 15.9. The van der Waals surface area contributed by atoms with Gasteiger partial charge in [0.25, 0.3) is 0 Å². The minimum atomic E-state index is 0.120. The molecule has 5 nitrogen and oxygen atoms in total. The summed E-state index contributed by atoms with van der Waals surface area (Å²) in [6.07, 6.45) is 2.56. The Labute approximate surface area is 201 Å². The second-order valence-electron chi connectivity index (χ2n) is 9.02. The Hall–Kier alpha value is -2.70. The van der Waals surface area contributed by atoms with E-state index >= 15 is 0 Å². The lowest BCUT2D eigenvalue weighted by molar-refractivity contribution is -0.132. The van der Waals surface area contributed by atoms with Gasteiger partial charge in [-0.2, -0.15) is 0 Å². The average molecular weight is 464 g/mol. The summed E-state index contributed by atoms with van der Waals surface area (Å²) in [5.41, 5.74) is 5.49. The van der Waals surface area contributed by atoms with Crippen molar-refractivity contribution in [1.29, 1.82) is 0 Å². The van der Waals surface area contributed by atoms with Gasteiger partial charge in [0, 0.05) is 49.9 Å². The zero-order valence-corrected chi connectivity index (χ0v) is 20.8. The molecule has 1 aliphatic heterocycles. The number of anilines is 1. The molecule has 0 unspecified atom stereocenters. The number of nitrogens with zero attached hydrogens (tertiary/aromatic N) is 3. The fourth-order valence-electron chi connectivity index (χ4n) is 4.18. The topological polar surface area (TPSA) is 45.7 Å². The molecule has 1 saturated heterocycles. The Morgan fingerprint density at radius 2 is 1.82 bits per heavy atom. The van der Waals surface area contributed by atoms with Gasteiger partial charge in [-0.3, -0.25) is 4.79 Å². The van der Waals surface area contributed by atoms with Gasteiger partial charge in [-0.25, -0.2) is 4.98 Å². The predicted octanol–water partition coefficient (Wildman–Crippen LogP) is 5.24. The highest BCUT2D eigenvalue weighted by Gasteiger charge is 2.24. The highest BCUT2D eigenvalue weighted by atomic mass is 32.1. The maximum absolute atomic E-state index is 13.6. The first kappa shape index (κ1) is 23.5. The molecule has 1 atom stereocenters. The summed E-state index contributed by atoms with van der Waals surface area (Å²) in [5.74, 6) is 0.124. The van der Waals surface area contributed by atoms with Crippen LogP contribution in [0.2, 0.25) is 0 Å². The predicted molar refractivity (Wildman–Crippen MR) is 136 cm³/mol. The minimum Gasteiger partial charge on any atom is -0.378 e. The molecule has 3 aromatic rings. The fraction of sp³-hybridized carbons (Fsp3) is 0.407. The van der Waals surface area contributed by atoms with E-state index in [-0.39, 0.29) is 12.0 Å². The molecule has 0 saturated carbocycles. The lowest BCUT2D eigenvalue weighted by Crippen LogP contribution is -2.37. The van der Waals surface area contributed by atoms with Gasteiger partial charge >= 0.3 is 0 Å². The van der Waals surface area contributed by atoms with E-state index in [9.17, 15) is 4.79 Å². The van der Waals surface area contributed by atoms with Gasteiger partial charge in [-0.05, 0) is 44.4 Å². The Balaban J connectivity index is 1.54. The molecule has 4 rings (SSSR count). The number of aryl methyl sites for hydroxylation is 2. The monoisotopic (exact) mass is 463 g/mol. The van der Waals surface area contributed by atoms with Crippen molar-refractivity contribution >= 4 is 22.9 Å². The molecule has 1 aromatic heterocycles. The van der Waals surface area contributed by atoms with Crippen LogP contribution in [0.25, 0.3) is 11.3 Å². The molecule has 0 radical (unpaired) electrons. The third-order valence-corrected chi connectivity index (χ3v) is 7.04. The second kappa shape index (κ2) is 10.5. The Bertz CT molecular complexity index is 1070. The molecule has 0 aliphatic carbocycles. The molecule has 1 aliphatic rings. The van der Waals surface area contributed by atoms with Crippen LogP contribution in [0.4, 0.5) is 5.69 Å². The van der Waals surface area contributed by atoms with E-state index in [1.807, 2.05) is 25.9 Å². The summed E-state index contributed by atoms with van der Waals surface area (Å²) in [6, 6.07) is 16.8. The van der Waals surface area contributed by atoms with Crippen LogP contribution in [0.5, 0.6) is 0 Å². The third-order valence-electron chi connectivity index (χ3n) is 6.07. The van der Waals surface area contributed by atoms with Gasteiger partial charge in [-0.15, -0.1) is 11.3 Å². The molecule has 174 valence electrons. The van der Waals surface area contributed by atoms with Crippen molar-refractivity contribution in [3.63, 3.8) is 0 Å². The average Bonchev–Trinajstić information content (AvgIpc) is 3.43. The van der Waals surface area contributed by atoms with Crippen molar-refractivity contribution in [2.45, 2.75) is 45.8 Å². The molecule has 0 bridgehead atoms. The number of hydrogen-bond donors (Lipinski definition) is 0.